The number of halogens is 3. The first-order valence-corrected chi connectivity index (χ1v) is 31.3. The van der Waals surface area contributed by atoms with Crippen LogP contribution in [0, 0.1) is 20.8 Å². The molecule has 0 aromatic heterocycles. The summed E-state index contributed by atoms with van der Waals surface area (Å²) in [5.74, 6) is -0.285. The van der Waals surface area contributed by atoms with Crippen molar-refractivity contribution in [2.45, 2.75) is 145 Å². The second-order valence-corrected chi connectivity index (χ2v) is 25.1. The third-order valence-electron chi connectivity index (χ3n) is 15.0. The van der Waals surface area contributed by atoms with Crippen molar-refractivity contribution in [3.05, 3.63) is 230 Å². The maximum absolute atomic E-state index is 13.2. The quantitative estimate of drug-likeness (QED) is 0.0649. The Balaban J connectivity index is 0.000000238. The maximum atomic E-state index is 13.2. The number of hydrogen-bond donors (Lipinski definition) is 3. The predicted octanol–water partition coefficient (Wildman–Crippen LogP) is 14.9. The lowest BCUT2D eigenvalue weighted by molar-refractivity contribution is -0.155. The summed E-state index contributed by atoms with van der Waals surface area (Å²) in [5, 5.41) is 12.2. The molecule has 0 bridgehead atoms. The molecular weight excluding hydrogens is 1200 g/mol. The van der Waals surface area contributed by atoms with Crippen LogP contribution >= 0.6 is 0 Å². The molecule has 15 nitrogen and oxygen atoms in total. The molecule has 3 aliphatic rings. The number of rotatable bonds is 19. The zero-order valence-corrected chi connectivity index (χ0v) is 56.0. The molecule has 0 unspecified atom stereocenters. The smallest absolute Gasteiger partial charge is 0.335 e. The van der Waals surface area contributed by atoms with Gasteiger partial charge in [0.05, 0.1) is 24.6 Å². The number of amides is 2. The molecule has 0 atom stereocenters. The van der Waals surface area contributed by atoms with Crippen LogP contribution in [0.5, 0.6) is 17.2 Å². The summed E-state index contributed by atoms with van der Waals surface area (Å²) in [6.07, 6.45) is 4.83. The van der Waals surface area contributed by atoms with E-state index < -0.39 is 23.1 Å². The summed E-state index contributed by atoms with van der Waals surface area (Å²) in [6, 6.07) is 39.0. The van der Waals surface area contributed by atoms with Gasteiger partial charge in [-0.15, -0.1) is 0 Å². The number of hydrogen-bond acceptors (Lipinski definition) is 12. The highest BCUT2D eigenvalue weighted by molar-refractivity contribution is 5.95. The third kappa shape index (κ3) is 25.5. The van der Waals surface area contributed by atoms with Crippen molar-refractivity contribution >= 4 is 29.7 Å². The van der Waals surface area contributed by atoms with Crippen LogP contribution in [0.3, 0.4) is 0 Å². The first-order chi connectivity index (χ1) is 45.3. The molecule has 2 amide bonds. The molecule has 6 aromatic carbocycles. The first kappa shape index (κ1) is 74.0. The molecule has 0 saturated carbocycles. The van der Waals surface area contributed by atoms with E-state index in [-0.39, 0.29) is 75.4 Å². The molecule has 504 valence electrons. The normalized spacial score (nSPS) is 13.7. The number of nitrogens with zero attached hydrogens (tertiary/aromatic N) is 2. The Morgan fingerprint density at radius 3 is 1.21 bits per heavy atom. The molecule has 0 saturated heterocycles. The zero-order valence-electron chi connectivity index (χ0n) is 57.0. The standard InChI is InChI=1S/C27H32FNO4.C21H23FN2O2.C17H21FO5.C10H13N.CH4/c1-19-5-7-23-17-29(14-13-22(23)15-19)26(31)21-8-10-24(11-9-21)32-18-20(16-28)6-12-25(30)33-27(2,3)4;1-15-2-3-19-13-24(9-8-18(19)10-15)21(25)17-4-6-20(7-5-17)26-14-16(11-22)12-23;1-17(2,3)23-15(19)9-4-12(10-18)11-22-14-7-5-13(6-8-14)16(20)21;1-8-2-3-10-7-11-5-4-9(10)6-8;/h5,7-11,15-16H,6,12-14,17-18H2,1-4H3;2-7,10-11H,8-9,12-14,23H2,1H3;5-8,10H,4,9,11H2,1-3H3,(H,20,21);2-3,6,11H,4-5,7H2,1H3;1H4/i;;;;1T. The van der Waals surface area contributed by atoms with Crippen LogP contribution in [0.15, 0.2) is 163 Å². The summed E-state index contributed by atoms with van der Waals surface area (Å²) < 4.78 is 71.2. The molecule has 0 spiro atoms. The molecule has 9 rings (SSSR count). The number of fused-ring (bicyclic) bond motifs is 3. The molecule has 3 heterocycles. The van der Waals surface area contributed by atoms with Gasteiger partial charge >= 0.3 is 17.9 Å². The van der Waals surface area contributed by atoms with Gasteiger partial charge in [0.1, 0.15) is 48.3 Å². The van der Waals surface area contributed by atoms with E-state index in [4.69, 9.17) is 35.9 Å². The highest BCUT2D eigenvalue weighted by Crippen LogP contribution is 2.26. The Hall–Kier alpha value is -9.00. The number of aryl methyl sites for hydroxylation is 3. The van der Waals surface area contributed by atoms with Crippen molar-refractivity contribution in [2.75, 3.05) is 46.0 Å². The summed E-state index contributed by atoms with van der Waals surface area (Å²) in [7, 11) is 1.25. The molecule has 6 aromatic rings. The van der Waals surface area contributed by atoms with Crippen molar-refractivity contribution in [1.82, 2.24) is 15.1 Å². The molecule has 0 radical (unpaired) electrons. The number of ether oxygens (including phenoxy) is 5. The van der Waals surface area contributed by atoms with Gasteiger partial charge in [0.25, 0.3) is 11.8 Å². The maximum Gasteiger partial charge on any atom is 0.335 e. The van der Waals surface area contributed by atoms with Gasteiger partial charge in [0.2, 0.25) is 0 Å². The van der Waals surface area contributed by atoms with E-state index in [1.54, 1.807) is 90.1 Å². The van der Waals surface area contributed by atoms with Crippen LogP contribution in [0.1, 0.15) is 157 Å². The molecule has 0 fully saturated rings. The molecule has 0 aliphatic carbocycles. The van der Waals surface area contributed by atoms with Gasteiger partial charge in [-0.05, 0) is 218 Å². The number of carbonyl (C=O) groups is 5. The van der Waals surface area contributed by atoms with E-state index >= 15 is 0 Å². The number of carboxylic acid groups (broad SMARTS) is 1. The Morgan fingerprint density at radius 2 is 0.862 bits per heavy atom. The second kappa shape index (κ2) is 37.0. The summed E-state index contributed by atoms with van der Waals surface area (Å²) in [4.78, 5) is 63.5. The van der Waals surface area contributed by atoms with Gasteiger partial charge in [0.15, 0.2) is 0 Å². The SMILES string of the molecule is CC(C)(C)OC(=O)CCC(=CF)COc1ccc(C(=O)O)cc1.Cc1ccc2c(c1)CCN(C(=O)c1ccc(OCC(=CF)CCC(=O)OC(C)(C)C)cc1)C2.Cc1ccc2c(c1)CCN(C(=O)c1ccc(OCC(=CF)CN)cc1)C2.Cc1ccc2c(c1)CCNC2.[3H]C. The monoisotopic (exact) mass is 1300 g/mol. The Kier molecular flexibility index (Phi) is 29.2. The van der Waals surface area contributed by atoms with E-state index in [2.05, 4.69) is 80.7 Å². The zero-order chi connectivity index (χ0) is 69.7. The number of aromatic carboxylic acids is 1. The minimum absolute atomic E-state index is 0.00840. The fraction of sp³-hybridized carbons (Fsp3) is 0.382. The van der Waals surface area contributed by atoms with Crippen LogP contribution < -0.4 is 25.3 Å². The van der Waals surface area contributed by atoms with E-state index in [1.807, 2.05) is 9.80 Å². The van der Waals surface area contributed by atoms with Gasteiger partial charge in [-0.1, -0.05) is 78.7 Å². The lowest BCUT2D eigenvalue weighted by atomic mass is 9.97. The Morgan fingerprint density at radius 1 is 0.511 bits per heavy atom. The number of esters is 2. The van der Waals surface area contributed by atoms with Crippen LogP contribution in [0.25, 0.3) is 0 Å². The second-order valence-electron chi connectivity index (χ2n) is 25.1. The number of nitrogens with two attached hydrogens (primary N) is 1. The van der Waals surface area contributed by atoms with Gasteiger partial charge in [-0.3, -0.25) is 19.2 Å². The molecule has 18 heteroatoms. The van der Waals surface area contributed by atoms with Crippen molar-refractivity contribution in [1.29, 1.82) is 0 Å². The molecule has 4 N–H and O–H groups in total. The van der Waals surface area contributed by atoms with Crippen LogP contribution in [0.2, 0.25) is 0 Å². The minimum atomic E-state index is -1.03. The topological polar surface area (TPSA) is 196 Å². The fourth-order valence-electron chi connectivity index (χ4n) is 10.1. The lowest BCUT2D eigenvalue weighted by Crippen LogP contribution is -2.35. The van der Waals surface area contributed by atoms with Crippen LogP contribution in [-0.2, 0) is 58.0 Å². The third-order valence-corrected chi connectivity index (χ3v) is 15.0. The Labute approximate surface area is 554 Å². The van der Waals surface area contributed by atoms with Crippen molar-refractivity contribution in [2.24, 2.45) is 5.73 Å². The first-order valence-electron chi connectivity index (χ1n) is 32.3. The Bertz CT molecular complexity index is 3580. The van der Waals surface area contributed by atoms with Gasteiger partial charge < -0.3 is 49.6 Å². The lowest BCUT2D eigenvalue weighted by Gasteiger charge is -2.29. The average molecular weight is 1300 g/mol. The highest BCUT2D eigenvalue weighted by atomic mass is 19.1. The van der Waals surface area contributed by atoms with Gasteiger partial charge in [-0.2, -0.15) is 0 Å². The summed E-state index contributed by atoms with van der Waals surface area (Å²) >= 11 is 0. The largest absolute Gasteiger partial charge is 0.489 e. The number of nitrogens with one attached hydrogen (secondary N) is 1. The summed E-state index contributed by atoms with van der Waals surface area (Å²) in [6.45, 7) is 22.0. The van der Waals surface area contributed by atoms with Crippen LogP contribution in [-0.4, -0.2) is 102 Å². The van der Waals surface area contributed by atoms with Crippen molar-refractivity contribution in [3.63, 3.8) is 0 Å². The van der Waals surface area contributed by atoms with Gasteiger partial charge in [0, 0.05) is 70.2 Å². The number of benzene rings is 6. The fourth-order valence-corrected chi connectivity index (χ4v) is 10.1. The van der Waals surface area contributed by atoms with E-state index in [0.29, 0.717) is 90.3 Å². The number of carboxylic acids is 1. The predicted molar refractivity (Wildman–Crippen MR) is 362 cm³/mol. The number of carbonyl (C=O) groups excluding carboxylic acids is 4. The van der Waals surface area contributed by atoms with Gasteiger partial charge in [-0.25, -0.2) is 18.0 Å². The summed E-state index contributed by atoms with van der Waals surface area (Å²) in [5.41, 5.74) is 18.6. The van der Waals surface area contributed by atoms with E-state index in [0.717, 1.165) is 25.9 Å². The van der Waals surface area contributed by atoms with Crippen molar-refractivity contribution < 1.29 is 67.3 Å². The average Bonchev–Trinajstić information content (AvgIpc) is 0.835. The highest BCUT2D eigenvalue weighted by Gasteiger charge is 2.25. The van der Waals surface area contributed by atoms with Crippen LogP contribution in [0.4, 0.5) is 13.2 Å². The molecular formula is C76H93F3N4O11. The van der Waals surface area contributed by atoms with E-state index in [1.165, 1.54) is 88.2 Å². The van der Waals surface area contributed by atoms with Crippen molar-refractivity contribution in [3.8, 4) is 17.2 Å². The molecule has 94 heavy (non-hydrogen) atoms. The molecule has 3 aliphatic heterocycles. The van der Waals surface area contributed by atoms with E-state index in [9.17, 15) is 37.1 Å². The minimum Gasteiger partial charge on any atom is -0.489 e.